The predicted octanol–water partition coefficient (Wildman–Crippen LogP) is 3.15. The number of rotatable bonds is 5. The summed E-state index contributed by atoms with van der Waals surface area (Å²) in [6.07, 6.45) is 4.26. The first-order chi connectivity index (χ1) is 12.1. The lowest BCUT2D eigenvalue weighted by molar-refractivity contribution is 0.165. The molecule has 25 heavy (non-hydrogen) atoms. The minimum absolute atomic E-state index is 0.0627. The normalized spacial score (nSPS) is 18.4. The molecule has 0 radical (unpaired) electrons. The zero-order valence-corrected chi connectivity index (χ0v) is 15.2. The van der Waals surface area contributed by atoms with Crippen molar-refractivity contribution in [1.82, 2.24) is 20.5 Å². The van der Waals surface area contributed by atoms with Crippen molar-refractivity contribution in [2.24, 2.45) is 5.92 Å². The molecule has 1 aromatic carbocycles. The van der Waals surface area contributed by atoms with Gasteiger partial charge in [-0.15, -0.1) is 0 Å². The Morgan fingerprint density at radius 2 is 2.16 bits per heavy atom. The fourth-order valence-electron chi connectivity index (χ4n) is 3.55. The maximum Gasteiger partial charge on any atom is 0.314 e. The molecule has 1 atom stereocenters. The van der Waals surface area contributed by atoms with Crippen LogP contribution in [0.1, 0.15) is 32.3 Å². The number of carbonyl (C=O) groups is 1. The number of aromatic nitrogens is 1. The second-order valence-corrected chi connectivity index (χ2v) is 7.24. The van der Waals surface area contributed by atoms with Crippen molar-refractivity contribution < 1.29 is 4.79 Å². The van der Waals surface area contributed by atoms with Crippen molar-refractivity contribution in [3.8, 4) is 0 Å². The van der Waals surface area contributed by atoms with Gasteiger partial charge in [-0.1, -0.05) is 18.2 Å². The number of hydrogen-bond acceptors (Lipinski definition) is 3. The van der Waals surface area contributed by atoms with Crippen LogP contribution in [-0.2, 0) is 6.54 Å². The number of pyridine rings is 1. The highest BCUT2D eigenvalue weighted by Gasteiger charge is 2.21. The fourth-order valence-corrected chi connectivity index (χ4v) is 3.55. The lowest BCUT2D eigenvalue weighted by Crippen LogP contribution is -2.45. The lowest BCUT2D eigenvalue weighted by atomic mass is 9.97. The molecule has 1 fully saturated rings. The maximum atomic E-state index is 11.8. The molecule has 0 bridgehead atoms. The van der Waals surface area contributed by atoms with Crippen molar-refractivity contribution in [3.63, 3.8) is 0 Å². The van der Waals surface area contributed by atoms with Gasteiger partial charge in [-0.2, -0.15) is 0 Å². The Bertz CT molecular complexity index is 710. The van der Waals surface area contributed by atoms with Crippen LogP contribution in [0, 0.1) is 5.92 Å². The van der Waals surface area contributed by atoms with E-state index in [-0.39, 0.29) is 12.1 Å². The van der Waals surface area contributed by atoms with E-state index in [1.807, 2.05) is 26.1 Å². The molecule has 0 unspecified atom stereocenters. The van der Waals surface area contributed by atoms with E-state index in [2.05, 4.69) is 44.8 Å². The van der Waals surface area contributed by atoms with Gasteiger partial charge in [-0.3, -0.25) is 9.88 Å². The molecule has 2 heterocycles. The van der Waals surface area contributed by atoms with Gasteiger partial charge >= 0.3 is 6.03 Å². The molecule has 1 saturated heterocycles. The molecule has 0 aliphatic carbocycles. The number of amides is 2. The lowest BCUT2D eigenvalue weighted by Gasteiger charge is -2.33. The van der Waals surface area contributed by atoms with Crippen LogP contribution in [0.15, 0.2) is 36.5 Å². The molecule has 3 rings (SSSR count). The Morgan fingerprint density at radius 1 is 1.32 bits per heavy atom. The number of urea groups is 1. The average molecular weight is 340 g/mol. The third kappa shape index (κ3) is 4.92. The highest BCUT2D eigenvalue weighted by molar-refractivity contribution is 5.81. The summed E-state index contributed by atoms with van der Waals surface area (Å²) >= 11 is 0. The van der Waals surface area contributed by atoms with Gasteiger partial charge in [0, 0.05) is 37.3 Å². The molecule has 5 heteroatoms. The molecule has 134 valence electrons. The quantitative estimate of drug-likeness (QED) is 0.879. The molecular formula is C20H28N4O. The number of hydrogen-bond donors (Lipinski definition) is 2. The van der Waals surface area contributed by atoms with Crippen LogP contribution in [0.4, 0.5) is 4.79 Å². The fraction of sp³-hybridized carbons (Fsp3) is 0.500. The molecular weight excluding hydrogens is 312 g/mol. The van der Waals surface area contributed by atoms with E-state index >= 15 is 0 Å². The Balaban J connectivity index is 1.57. The van der Waals surface area contributed by atoms with Gasteiger partial charge in [0.1, 0.15) is 0 Å². The Hall–Kier alpha value is -2.14. The van der Waals surface area contributed by atoms with E-state index in [0.29, 0.717) is 5.92 Å². The summed E-state index contributed by atoms with van der Waals surface area (Å²) in [7, 11) is 0. The SMILES string of the molecule is CC(C)NC(=O)NC[C@H]1CCCN(Cc2ccnc3ccccc23)C1. The van der Waals surface area contributed by atoms with Gasteiger partial charge in [0.25, 0.3) is 0 Å². The van der Waals surface area contributed by atoms with Crippen LogP contribution in [0.25, 0.3) is 10.9 Å². The van der Waals surface area contributed by atoms with Gasteiger partial charge in [0.2, 0.25) is 0 Å². The monoisotopic (exact) mass is 340 g/mol. The van der Waals surface area contributed by atoms with E-state index in [0.717, 1.165) is 31.7 Å². The second kappa shape index (κ2) is 8.30. The molecule has 1 aliphatic rings. The second-order valence-electron chi connectivity index (χ2n) is 7.24. The highest BCUT2D eigenvalue weighted by atomic mass is 16.2. The van der Waals surface area contributed by atoms with E-state index in [9.17, 15) is 4.79 Å². The summed E-state index contributed by atoms with van der Waals surface area (Å²) < 4.78 is 0. The first-order valence-corrected chi connectivity index (χ1v) is 9.21. The van der Waals surface area contributed by atoms with Gasteiger partial charge in [0.15, 0.2) is 0 Å². The number of carbonyl (C=O) groups excluding carboxylic acids is 1. The van der Waals surface area contributed by atoms with Crippen molar-refractivity contribution >= 4 is 16.9 Å². The summed E-state index contributed by atoms with van der Waals surface area (Å²) in [6, 6.07) is 10.6. The van der Waals surface area contributed by atoms with Gasteiger partial charge in [-0.05, 0) is 56.8 Å². The van der Waals surface area contributed by atoms with Crippen LogP contribution in [0.2, 0.25) is 0 Å². The number of para-hydroxylation sites is 1. The Labute approximate surface area is 149 Å². The summed E-state index contributed by atoms with van der Waals surface area (Å²) in [4.78, 5) is 18.7. The molecule has 0 spiro atoms. The molecule has 2 N–H and O–H groups in total. The zero-order chi connectivity index (χ0) is 17.6. The van der Waals surface area contributed by atoms with E-state index in [4.69, 9.17) is 0 Å². The number of fused-ring (bicyclic) bond motifs is 1. The minimum atomic E-state index is -0.0627. The van der Waals surface area contributed by atoms with Crippen LogP contribution >= 0.6 is 0 Å². The largest absolute Gasteiger partial charge is 0.338 e. The third-order valence-corrected chi connectivity index (χ3v) is 4.71. The van der Waals surface area contributed by atoms with Crippen LogP contribution in [-0.4, -0.2) is 41.6 Å². The van der Waals surface area contributed by atoms with E-state index in [1.54, 1.807) is 0 Å². The number of benzene rings is 1. The molecule has 2 aromatic rings. The first kappa shape index (κ1) is 17.7. The van der Waals surface area contributed by atoms with Crippen LogP contribution in [0.3, 0.4) is 0 Å². The summed E-state index contributed by atoms with van der Waals surface area (Å²) in [5.41, 5.74) is 2.39. The van der Waals surface area contributed by atoms with Gasteiger partial charge in [0.05, 0.1) is 5.52 Å². The smallest absolute Gasteiger partial charge is 0.314 e. The van der Waals surface area contributed by atoms with Gasteiger partial charge < -0.3 is 10.6 Å². The number of nitrogens with one attached hydrogen (secondary N) is 2. The van der Waals surface area contributed by atoms with Crippen molar-refractivity contribution in [2.45, 2.75) is 39.3 Å². The van der Waals surface area contributed by atoms with Crippen molar-refractivity contribution in [1.29, 1.82) is 0 Å². The topological polar surface area (TPSA) is 57.3 Å². The summed E-state index contributed by atoms with van der Waals surface area (Å²) in [5, 5.41) is 7.13. The molecule has 5 nitrogen and oxygen atoms in total. The first-order valence-electron chi connectivity index (χ1n) is 9.21. The van der Waals surface area contributed by atoms with Crippen LogP contribution in [0.5, 0.6) is 0 Å². The maximum absolute atomic E-state index is 11.8. The van der Waals surface area contributed by atoms with Crippen LogP contribution < -0.4 is 10.6 Å². The third-order valence-electron chi connectivity index (χ3n) is 4.71. The van der Waals surface area contributed by atoms with E-state index < -0.39 is 0 Å². The minimum Gasteiger partial charge on any atom is -0.338 e. The number of likely N-dealkylation sites (tertiary alicyclic amines) is 1. The van der Waals surface area contributed by atoms with Crippen molar-refractivity contribution in [2.75, 3.05) is 19.6 Å². The number of piperidine rings is 1. The summed E-state index contributed by atoms with van der Waals surface area (Å²) in [5.74, 6) is 0.514. The number of nitrogens with zero attached hydrogens (tertiary/aromatic N) is 2. The standard InChI is InChI=1S/C20H28N4O/c1-15(2)23-20(25)22-12-16-6-5-11-24(13-16)14-17-9-10-21-19-8-4-3-7-18(17)19/h3-4,7-10,15-16H,5-6,11-14H2,1-2H3,(H2,22,23,25)/t16-/m1/s1. The Kier molecular flexibility index (Phi) is 5.87. The van der Waals surface area contributed by atoms with E-state index in [1.165, 1.54) is 23.8 Å². The zero-order valence-electron chi connectivity index (χ0n) is 15.2. The Morgan fingerprint density at radius 3 is 3.00 bits per heavy atom. The van der Waals surface area contributed by atoms with Crippen molar-refractivity contribution in [3.05, 3.63) is 42.1 Å². The molecule has 2 amide bonds. The highest BCUT2D eigenvalue weighted by Crippen LogP contribution is 2.22. The molecule has 0 saturated carbocycles. The van der Waals surface area contributed by atoms with Gasteiger partial charge in [-0.25, -0.2) is 4.79 Å². The summed E-state index contributed by atoms with van der Waals surface area (Å²) in [6.45, 7) is 7.77. The predicted molar refractivity (Wildman–Crippen MR) is 101 cm³/mol. The molecule has 1 aliphatic heterocycles. The average Bonchev–Trinajstić information content (AvgIpc) is 2.60. The molecule has 1 aromatic heterocycles.